The molecule has 0 unspecified atom stereocenters. The molecule has 0 saturated heterocycles. The second-order valence-electron chi connectivity index (χ2n) is 3.41. The zero-order chi connectivity index (χ0) is 10.0. The number of halogens is 2. The number of benzene rings is 1. The Morgan fingerprint density at radius 3 is 2.54 bits per heavy atom. The molecule has 0 amide bonds. The summed E-state index contributed by atoms with van der Waals surface area (Å²) >= 11 is 8.24. The molecule has 1 atom stereocenters. The molecule has 0 aliphatic rings. The first kappa shape index (κ1) is 11.3. The molecule has 0 spiro atoms. The largest absolute Gasteiger partial charge is 0.324 e. The highest BCUT2D eigenvalue weighted by atomic mass is 127. The third kappa shape index (κ3) is 2.58. The van der Waals surface area contributed by atoms with Gasteiger partial charge in [-0.2, -0.15) is 0 Å². The van der Waals surface area contributed by atoms with Gasteiger partial charge in [-0.3, -0.25) is 0 Å². The minimum Gasteiger partial charge on any atom is -0.324 e. The van der Waals surface area contributed by atoms with Gasteiger partial charge in [-0.25, -0.2) is 0 Å². The summed E-state index contributed by atoms with van der Waals surface area (Å²) in [7, 11) is 0. The Morgan fingerprint density at radius 1 is 1.38 bits per heavy atom. The quantitative estimate of drug-likeness (QED) is 0.830. The monoisotopic (exact) mass is 309 g/mol. The number of hydrogen-bond donors (Lipinski definition) is 1. The maximum absolute atomic E-state index is 6.04. The van der Waals surface area contributed by atoms with Crippen LogP contribution >= 0.6 is 34.2 Å². The van der Waals surface area contributed by atoms with Crippen LogP contribution in [-0.4, -0.2) is 0 Å². The molecular formula is C10H13ClIN. The van der Waals surface area contributed by atoms with Gasteiger partial charge < -0.3 is 5.73 Å². The van der Waals surface area contributed by atoms with Crippen molar-refractivity contribution in [3.8, 4) is 0 Å². The lowest BCUT2D eigenvalue weighted by atomic mass is 9.97. The minimum atomic E-state index is 0.0746. The lowest BCUT2D eigenvalue weighted by Crippen LogP contribution is -2.17. The van der Waals surface area contributed by atoms with E-state index >= 15 is 0 Å². The van der Waals surface area contributed by atoms with Gasteiger partial charge in [0, 0.05) is 9.61 Å². The fourth-order valence-corrected chi connectivity index (χ4v) is 2.04. The van der Waals surface area contributed by atoms with E-state index in [1.165, 1.54) is 0 Å². The van der Waals surface area contributed by atoms with Crippen LogP contribution < -0.4 is 5.73 Å². The van der Waals surface area contributed by atoms with Crippen molar-refractivity contribution in [2.45, 2.75) is 19.9 Å². The van der Waals surface area contributed by atoms with Gasteiger partial charge in [0.15, 0.2) is 0 Å². The predicted molar refractivity (Wildman–Crippen MR) is 65.9 cm³/mol. The lowest BCUT2D eigenvalue weighted by Gasteiger charge is -2.17. The molecule has 1 aromatic carbocycles. The first-order chi connectivity index (χ1) is 6.04. The van der Waals surface area contributed by atoms with Gasteiger partial charge in [-0.1, -0.05) is 37.6 Å². The van der Waals surface area contributed by atoms with Gasteiger partial charge in [-0.05, 0) is 40.1 Å². The average molecular weight is 310 g/mol. The smallest absolute Gasteiger partial charge is 0.0542 e. The Kier molecular flexibility index (Phi) is 4.01. The summed E-state index contributed by atoms with van der Waals surface area (Å²) in [6.07, 6.45) is 0. The topological polar surface area (TPSA) is 26.0 Å². The van der Waals surface area contributed by atoms with Gasteiger partial charge in [-0.15, -0.1) is 0 Å². The highest BCUT2D eigenvalue weighted by Crippen LogP contribution is 2.28. The van der Waals surface area contributed by atoms with Crippen LogP contribution in [0.15, 0.2) is 18.2 Å². The molecule has 13 heavy (non-hydrogen) atoms. The predicted octanol–water partition coefficient (Wildman–Crippen LogP) is 3.60. The van der Waals surface area contributed by atoms with Crippen LogP contribution in [0.25, 0.3) is 0 Å². The zero-order valence-corrected chi connectivity index (χ0v) is 10.6. The van der Waals surface area contributed by atoms with E-state index in [9.17, 15) is 0 Å². The maximum Gasteiger partial charge on any atom is 0.0542 e. The third-order valence-corrected chi connectivity index (χ3v) is 3.90. The Balaban J connectivity index is 3.07. The van der Waals surface area contributed by atoms with E-state index in [1.807, 2.05) is 18.2 Å². The van der Waals surface area contributed by atoms with Crippen molar-refractivity contribution in [1.82, 2.24) is 0 Å². The number of hydrogen-bond acceptors (Lipinski definition) is 1. The normalized spacial score (nSPS) is 13.4. The molecule has 0 radical (unpaired) electrons. The summed E-state index contributed by atoms with van der Waals surface area (Å²) < 4.78 is 1.07. The van der Waals surface area contributed by atoms with Crippen LogP contribution in [0.1, 0.15) is 25.5 Å². The molecule has 0 aliphatic carbocycles. The van der Waals surface area contributed by atoms with Crippen LogP contribution in [0.5, 0.6) is 0 Å². The molecule has 0 aliphatic heterocycles. The molecule has 72 valence electrons. The van der Waals surface area contributed by atoms with E-state index < -0.39 is 0 Å². The standard InChI is InChI=1S/C10H13ClIN/c1-6(2)10(13)7-4-3-5-8(11)9(7)12/h3-6,10H,13H2,1-2H3/t10-/m0/s1. The highest BCUT2D eigenvalue weighted by Gasteiger charge is 2.14. The fraction of sp³-hybridized carbons (Fsp3) is 0.400. The second kappa shape index (κ2) is 4.62. The van der Waals surface area contributed by atoms with E-state index in [4.69, 9.17) is 17.3 Å². The van der Waals surface area contributed by atoms with Crippen molar-refractivity contribution in [1.29, 1.82) is 0 Å². The van der Waals surface area contributed by atoms with E-state index in [0.717, 1.165) is 14.2 Å². The average Bonchev–Trinajstić information content (AvgIpc) is 2.08. The Morgan fingerprint density at radius 2 is 2.00 bits per heavy atom. The van der Waals surface area contributed by atoms with Crippen LogP contribution in [0.4, 0.5) is 0 Å². The molecule has 1 aromatic rings. The first-order valence-electron chi connectivity index (χ1n) is 4.23. The molecule has 0 aromatic heterocycles. The Bertz CT molecular complexity index is 299. The van der Waals surface area contributed by atoms with Gasteiger partial charge in [0.1, 0.15) is 0 Å². The summed E-state index contributed by atoms with van der Waals surface area (Å²) in [6, 6.07) is 5.95. The van der Waals surface area contributed by atoms with Crippen molar-refractivity contribution in [2.24, 2.45) is 11.7 Å². The minimum absolute atomic E-state index is 0.0746. The van der Waals surface area contributed by atoms with E-state index in [0.29, 0.717) is 5.92 Å². The van der Waals surface area contributed by atoms with Crippen molar-refractivity contribution in [2.75, 3.05) is 0 Å². The van der Waals surface area contributed by atoms with E-state index in [2.05, 4.69) is 36.4 Å². The molecular weight excluding hydrogens is 296 g/mol. The molecule has 0 saturated carbocycles. The summed E-state index contributed by atoms with van der Waals surface area (Å²) in [5.74, 6) is 0.437. The van der Waals surface area contributed by atoms with Crippen LogP contribution in [0, 0.1) is 9.49 Å². The zero-order valence-electron chi connectivity index (χ0n) is 7.72. The third-order valence-electron chi connectivity index (χ3n) is 2.06. The van der Waals surface area contributed by atoms with Crippen LogP contribution in [0.3, 0.4) is 0 Å². The molecule has 0 fully saturated rings. The fourth-order valence-electron chi connectivity index (χ4n) is 1.14. The van der Waals surface area contributed by atoms with E-state index in [-0.39, 0.29) is 6.04 Å². The SMILES string of the molecule is CC(C)[C@H](N)c1cccc(Cl)c1I. The van der Waals surface area contributed by atoms with Crippen molar-refractivity contribution in [3.63, 3.8) is 0 Å². The number of nitrogens with two attached hydrogens (primary N) is 1. The summed E-state index contributed by atoms with van der Waals surface area (Å²) in [6.45, 7) is 4.23. The molecule has 0 bridgehead atoms. The Hall–Kier alpha value is 0.200. The molecule has 2 N–H and O–H groups in total. The second-order valence-corrected chi connectivity index (χ2v) is 4.90. The lowest BCUT2D eigenvalue weighted by molar-refractivity contribution is 0.512. The van der Waals surface area contributed by atoms with Crippen molar-refractivity contribution in [3.05, 3.63) is 32.4 Å². The van der Waals surface area contributed by atoms with Gasteiger partial charge in [0.2, 0.25) is 0 Å². The first-order valence-corrected chi connectivity index (χ1v) is 5.69. The van der Waals surface area contributed by atoms with Crippen molar-refractivity contribution < 1.29 is 0 Å². The molecule has 1 nitrogen and oxygen atoms in total. The Labute approximate surface area is 97.8 Å². The molecule has 3 heteroatoms. The van der Waals surface area contributed by atoms with Crippen LogP contribution in [0.2, 0.25) is 5.02 Å². The van der Waals surface area contributed by atoms with Gasteiger partial charge >= 0.3 is 0 Å². The molecule has 1 rings (SSSR count). The van der Waals surface area contributed by atoms with Gasteiger partial charge in [0.25, 0.3) is 0 Å². The number of rotatable bonds is 2. The maximum atomic E-state index is 6.04. The summed E-state index contributed by atoms with van der Waals surface area (Å²) in [5, 5.41) is 0.786. The van der Waals surface area contributed by atoms with Gasteiger partial charge in [0.05, 0.1) is 5.02 Å². The van der Waals surface area contributed by atoms with Crippen molar-refractivity contribution >= 4 is 34.2 Å². The summed E-state index contributed by atoms with van der Waals surface area (Å²) in [5.41, 5.74) is 7.19. The van der Waals surface area contributed by atoms with E-state index in [1.54, 1.807) is 0 Å². The summed E-state index contributed by atoms with van der Waals surface area (Å²) in [4.78, 5) is 0. The highest BCUT2D eigenvalue weighted by molar-refractivity contribution is 14.1. The van der Waals surface area contributed by atoms with Crippen LogP contribution in [-0.2, 0) is 0 Å². The molecule has 0 heterocycles.